The number of nitrogens with one attached hydrogen (secondary N) is 2. The fourth-order valence-electron chi connectivity index (χ4n) is 3.15. The van der Waals surface area contributed by atoms with Crippen LogP contribution in [0.25, 0.3) is 11.4 Å². The van der Waals surface area contributed by atoms with Gasteiger partial charge in [0, 0.05) is 19.4 Å². The molecular weight excluding hydrogens is 533 g/mol. The number of amides is 2. The number of carbonyl (C=O) groups is 2. The molecule has 1 atom stereocenters. The van der Waals surface area contributed by atoms with Crippen LogP contribution in [-0.4, -0.2) is 46.7 Å². The summed E-state index contributed by atoms with van der Waals surface area (Å²) < 4.78 is 71.4. The number of hydrogen-bond donors (Lipinski definition) is 2. The molecule has 2 N–H and O–H groups in total. The van der Waals surface area contributed by atoms with Crippen LogP contribution in [0.3, 0.4) is 0 Å². The van der Waals surface area contributed by atoms with Gasteiger partial charge in [-0.1, -0.05) is 0 Å². The first-order chi connectivity index (χ1) is 18.4. The van der Waals surface area contributed by atoms with Gasteiger partial charge in [-0.2, -0.15) is 22.7 Å². The Morgan fingerprint density at radius 1 is 0.949 bits per heavy atom. The first-order valence-corrected chi connectivity index (χ1v) is 10.8. The van der Waals surface area contributed by atoms with Crippen LogP contribution in [0, 0.1) is 11.8 Å². The topological polar surface area (TPSA) is 150 Å². The van der Waals surface area contributed by atoms with Crippen LogP contribution in [0.15, 0.2) is 43.2 Å². The van der Waals surface area contributed by atoms with Crippen LogP contribution in [-0.2, 0) is 18.0 Å². The first-order valence-electron chi connectivity index (χ1n) is 10.8. The standard InChI is InChI=1S/C22H16F5N9O3/c1-10(14-3-12(23)6-28-16(14)24)39-21(38)35-18-15(9-33-36(18)2)17-29-7-13(8-30-17)34-19(37)11-4-31-20(32-5-11)22(25,26)27/h3-10H,1-2H3,(H,34,37)(H,35,38)/t10-/m1/s1. The van der Waals surface area contributed by atoms with E-state index in [2.05, 4.69) is 40.7 Å². The lowest BCUT2D eigenvalue weighted by atomic mass is 10.2. The van der Waals surface area contributed by atoms with Crippen molar-refractivity contribution in [1.82, 2.24) is 34.7 Å². The van der Waals surface area contributed by atoms with E-state index in [1.807, 2.05) is 0 Å². The molecule has 0 saturated carbocycles. The minimum Gasteiger partial charge on any atom is -0.441 e. The maximum Gasteiger partial charge on any atom is 0.451 e. The van der Waals surface area contributed by atoms with Crippen molar-refractivity contribution in [3.05, 3.63) is 72.0 Å². The minimum absolute atomic E-state index is 0.0719. The van der Waals surface area contributed by atoms with Gasteiger partial charge in [0.2, 0.25) is 11.8 Å². The van der Waals surface area contributed by atoms with Gasteiger partial charge in [-0.3, -0.25) is 14.8 Å². The number of anilines is 2. The zero-order chi connectivity index (χ0) is 28.3. The molecular formula is C22H16F5N9O3. The number of hydrogen-bond acceptors (Lipinski definition) is 9. The van der Waals surface area contributed by atoms with Crippen LogP contribution in [0.2, 0.25) is 0 Å². The second kappa shape index (κ2) is 10.7. The number of carbonyl (C=O) groups excluding carboxylic acids is 2. The molecule has 0 aromatic carbocycles. The number of pyridine rings is 1. The molecule has 2 amide bonds. The lowest BCUT2D eigenvalue weighted by Crippen LogP contribution is -2.19. The summed E-state index contributed by atoms with van der Waals surface area (Å²) in [5, 5.41) is 8.86. The van der Waals surface area contributed by atoms with Gasteiger partial charge in [0.1, 0.15) is 17.7 Å². The molecule has 4 aromatic heterocycles. The van der Waals surface area contributed by atoms with Crippen molar-refractivity contribution in [2.24, 2.45) is 7.05 Å². The molecule has 0 bridgehead atoms. The Morgan fingerprint density at radius 3 is 2.26 bits per heavy atom. The maximum atomic E-state index is 13.9. The summed E-state index contributed by atoms with van der Waals surface area (Å²) in [5.74, 6) is -3.81. The number of ether oxygens (including phenoxy) is 1. The van der Waals surface area contributed by atoms with Gasteiger partial charge in [-0.15, -0.1) is 0 Å². The molecule has 4 heterocycles. The van der Waals surface area contributed by atoms with E-state index in [1.54, 1.807) is 0 Å². The van der Waals surface area contributed by atoms with Gasteiger partial charge in [-0.25, -0.2) is 34.1 Å². The van der Waals surface area contributed by atoms with E-state index in [4.69, 9.17) is 4.74 Å². The Bertz CT molecular complexity index is 1510. The van der Waals surface area contributed by atoms with Crippen molar-refractivity contribution in [1.29, 1.82) is 0 Å². The Labute approximate surface area is 215 Å². The third kappa shape index (κ3) is 6.25. The van der Waals surface area contributed by atoms with Crippen LogP contribution in [0.1, 0.15) is 34.8 Å². The van der Waals surface area contributed by atoms with Gasteiger partial charge in [0.05, 0.1) is 47.2 Å². The molecule has 0 aliphatic rings. The minimum atomic E-state index is -4.75. The predicted molar refractivity (Wildman–Crippen MR) is 122 cm³/mol. The third-order valence-electron chi connectivity index (χ3n) is 5.03. The summed E-state index contributed by atoms with van der Waals surface area (Å²) in [6, 6.07) is 0.856. The van der Waals surface area contributed by atoms with E-state index < -0.39 is 41.9 Å². The van der Waals surface area contributed by atoms with Crippen LogP contribution < -0.4 is 10.6 Å². The third-order valence-corrected chi connectivity index (χ3v) is 5.03. The molecule has 0 aliphatic carbocycles. The monoisotopic (exact) mass is 549 g/mol. The van der Waals surface area contributed by atoms with Gasteiger partial charge in [-0.05, 0) is 13.0 Å². The highest BCUT2D eigenvalue weighted by atomic mass is 19.4. The van der Waals surface area contributed by atoms with E-state index in [9.17, 15) is 31.5 Å². The van der Waals surface area contributed by atoms with Crippen molar-refractivity contribution in [3.63, 3.8) is 0 Å². The first kappa shape index (κ1) is 27.0. The number of rotatable bonds is 6. The van der Waals surface area contributed by atoms with Crippen LogP contribution >= 0.6 is 0 Å². The number of aromatic nitrogens is 7. The number of halogens is 5. The maximum absolute atomic E-state index is 13.9. The van der Waals surface area contributed by atoms with Crippen molar-refractivity contribution in [2.75, 3.05) is 10.6 Å². The van der Waals surface area contributed by atoms with E-state index in [0.29, 0.717) is 6.20 Å². The van der Waals surface area contributed by atoms with Gasteiger partial charge in [0.15, 0.2) is 5.82 Å². The van der Waals surface area contributed by atoms with Gasteiger partial charge >= 0.3 is 12.3 Å². The quantitative estimate of drug-likeness (QED) is 0.270. The summed E-state index contributed by atoms with van der Waals surface area (Å²) in [6.45, 7) is 1.33. The van der Waals surface area contributed by atoms with Crippen molar-refractivity contribution in [2.45, 2.75) is 19.2 Å². The summed E-state index contributed by atoms with van der Waals surface area (Å²) in [5.41, 5.74) is -0.151. The molecule has 0 spiro atoms. The predicted octanol–water partition coefficient (Wildman–Crippen LogP) is 3.92. The average Bonchev–Trinajstić information content (AvgIpc) is 3.25. The van der Waals surface area contributed by atoms with Crippen LogP contribution in [0.4, 0.5) is 38.3 Å². The number of aryl methyl sites for hydroxylation is 1. The zero-order valence-corrected chi connectivity index (χ0v) is 19.9. The Balaban J connectivity index is 1.43. The zero-order valence-electron chi connectivity index (χ0n) is 19.9. The highest BCUT2D eigenvalue weighted by Crippen LogP contribution is 2.27. The summed E-state index contributed by atoms with van der Waals surface area (Å²) in [6.07, 6.45) is -1.04. The molecule has 4 aromatic rings. The second-order valence-corrected chi connectivity index (χ2v) is 7.78. The molecule has 0 fully saturated rings. The van der Waals surface area contributed by atoms with E-state index in [0.717, 1.165) is 18.5 Å². The molecule has 12 nitrogen and oxygen atoms in total. The molecule has 0 aliphatic heterocycles. The number of nitrogens with zero attached hydrogens (tertiary/aromatic N) is 7. The van der Waals surface area contributed by atoms with Crippen LogP contribution in [0.5, 0.6) is 0 Å². The molecule has 17 heteroatoms. The Hall–Kier alpha value is -5.09. The summed E-state index contributed by atoms with van der Waals surface area (Å²) in [7, 11) is 1.50. The molecule has 0 unspecified atom stereocenters. The molecule has 0 saturated heterocycles. The number of alkyl halides is 3. The molecule has 202 valence electrons. The SMILES string of the molecule is C[C@@H](OC(=O)Nc1c(-c2ncc(NC(=O)c3cnc(C(F)(F)F)nc3)cn2)cnn1C)c1cc(F)cnc1F. The molecule has 4 rings (SSSR count). The van der Waals surface area contributed by atoms with E-state index in [1.165, 1.54) is 37.2 Å². The van der Waals surface area contributed by atoms with Crippen molar-refractivity contribution < 1.29 is 36.3 Å². The fourth-order valence-corrected chi connectivity index (χ4v) is 3.15. The summed E-state index contributed by atoms with van der Waals surface area (Å²) in [4.78, 5) is 42.4. The highest BCUT2D eigenvalue weighted by molar-refractivity contribution is 6.03. The second-order valence-electron chi connectivity index (χ2n) is 7.78. The van der Waals surface area contributed by atoms with Gasteiger partial charge in [0.25, 0.3) is 5.91 Å². The van der Waals surface area contributed by atoms with Gasteiger partial charge < -0.3 is 10.1 Å². The van der Waals surface area contributed by atoms with E-state index in [-0.39, 0.29) is 34.0 Å². The average molecular weight is 549 g/mol. The van der Waals surface area contributed by atoms with Crippen molar-refractivity contribution >= 4 is 23.5 Å². The van der Waals surface area contributed by atoms with Crippen molar-refractivity contribution in [3.8, 4) is 11.4 Å². The normalized spacial score (nSPS) is 12.1. The highest BCUT2D eigenvalue weighted by Gasteiger charge is 2.34. The Kier molecular flexibility index (Phi) is 7.41. The van der Waals surface area contributed by atoms with E-state index >= 15 is 0 Å². The fraction of sp³-hybridized carbons (Fsp3) is 0.182. The molecule has 39 heavy (non-hydrogen) atoms. The largest absolute Gasteiger partial charge is 0.451 e. The lowest BCUT2D eigenvalue weighted by Gasteiger charge is -2.15. The lowest BCUT2D eigenvalue weighted by molar-refractivity contribution is -0.145. The molecule has 0 radical (unpaired) electrons. The smallest absolute Gasteiger partial charge is 0.441 e. The summed E-state index contributed by atoms with van der Waals surface area (Å²) >= 11 is 0. The Morgan fingerprint density at radius 2 is 1.62 bits per heavy atom.